The molecule has 0 aromatic rings. The fourth-order valence-corrected chi connectivity index (χ4v) is 0.465. The van der Waals surface area contributed by atoms with Gasteiger partial charge >= 0.3 is 0 Å². The highest BCUT2D eigenvalue weighted by Crippen LogP contribution is 1.85. The standard InChI is InChI=1S/C8H16N2/c1-5-10(4)7-6-9-8(2)3/h6H,2,5,7H2,1,3-4H3/b9-6+. The number of hydrogen-bond donors (Lipinski definition) is 0. The van der Waals surface area contributed by atoms with Gasteiger partial charge in [0.1, 0.15) is 0 Å². The summed E-state index contributed by atoms with van der Waals surface area (Å²) in [5.74, 6) is 0. The Morgan fingerprint density at radius 3 is 2.70 bits per heavy atom. The maximum absolute atomic E-state index is 4.05. The molecule has 0 aliphatic heterocycles. The van der Waals surface area contributed by atoms with Crippen LogP contribution in [0.1, 0.15) is 13.8 Å². The predicted octanol–water partition coefficient (Wildman–Crippen LogP) is 1.54. The van der Waals surface area contributed by atoms with E-state index >= 15 is 0 Å². The van der Waals surface area contributed by atoms with E-state index in [2.05, 4.69) is 30.4 Å². The molecule has 0 aromatic heterocycles. The minimum Gasteiger partial charge on any atom is -0.301 e. The van der Waals surface area contributed by atoms with E-state index in [-0.39, 0.29) is 0 Å². The molecule has 0 aromatic carbocycles. The molecule has 0 radical (unpaired) electrons. The Labute approximate surface area is 63.3 Å². The second-order valence-corrected chi connectivity index (χ2v) is 2.40. The van der Waals surface area contributed by atoms with Crippen LogP contribution in [0, 0.1) is 0 Å². The lowest BCUT2D eigenvalue weighted by Gasteiger charge is -2.08. The third-order valence-corrected chi connectivity index (χ3v) is 1.24. The summed E-state index contributed by atoms with van der Waals surface area (Å²) < 4.78 is 0. The molecule has 0 fully saturated rings. The van der Waals surface area contributed by atoms with E-state index in [1.165, 1.54) is 0 Å². The smallest absolute Gasteiger partial charge is 0.0334 e. The number of rotatable bonds is 4. The topological polar surface area (TPSA) is 15.6 Å². The highest BCUT2D eigenvalue weighted by molar-refractivity contribution is 5.60. The molecule has 0 saturated carbocycles. The maximum atomic E-state index is 4.05. The van der Waals surface area contributed by atoms with Crippen molar-refractivity contribution in [2.24, 2.45) is 4.99 Å². The third kappa shape index (κ3) is 5.51. The van der Waals surface area contributed by atoms with Crippen LogP contribution in [0.2, 0.25) is 0 Å². The average Bonchev–Trinajstić information content (AvgIpc) is 1.87. The van der Waals surface area contributed by atoms with Crippen LogP contribution in [-0.2, 0) is 0 Å². The summed E-state index contributed by atoms with van der Waals surface area (Å²) >= 11 is 0. The van der Waals surface area contributed by atoms with E-state index in [1.807, 2.05) is 13.1 Å². The Kier molecular flexibility index (Phi) is 4.85. The zero-order valence-electron chi connectivity index (χ0n) is 7.09. The predicted molar refractivity (Wildman–Crippen MR) is 46.5 cm³/mol. The summed E-state index contributed by atoms with van der Waals surface area (Å²) in [7, 11) is 2.06. The number of aliphatic imine (C=N–C) groups is 1. The molecule has 0 bridgehead atoms. The van der Waals surface area contributed by atoms with Crippen LogP contribution in [0.3, 0.4) is 0 Å². The molecule has 2 heteroatoms. The summed E-state index contributed by atoms with van der Waals surface area (Å²) in [6, 6.07) is 0. The van der Waals surface area contributed by atoms with Gasteiger partial charge in [0.05, 0.1) is 0 Å². The van der Waals surface area contributed by atoms with E-state index in [9.17, 15) is 0 Å². The van der Waals surface area contributed by atoms with Crippen molar-refractivity contribution < 1.29 is 0 Å². The lowest BCUT2D eigenvalue weighted by molar-refractivity contribution is 0.406. The first kappa shape index (κ1) is 9.37. The second-order valence-electron chi connectivity index (χ2n) is 2.40. The highest BCUT2D eigenvalue weighted by atomic mass is 15.1. The molecular formula is C8H16N2. The van der Waals surface area contributed by atoms with Crippen molar-refractivity contribution in [1.82, 2.24) is 4.90 Å². The monoisotopic (exact) mass is 140 g/mol. The summed E-state index contributed by atoms with van der Waals surface area (Å²) in [5.41, 5.74) is 0.865. The van der Waals surface area contributed by atoms with Gasteiger partial charge in [-0.25, -0.2) is 0 Å². The first-order valence-corrected chi connectivity index (χ1v) is 3.53. The van der Waals surface area contributed by atoms with E-state index in [0.29, 0.717) is 0 Å². The normalized spacial score (nSPS) is 11.2. The fraction of sp³-hybridized carbons (Fsp3) is 0.625. The van der Waals surface area contributed by atoms with Gasteiger partial charge in [-0.05, 0) is 20.5 Å². The first-order valence-electron chi connectivity index (χ1n) is 3.53. The van der Waals surface area contributed by atoms with Gasteiger partial charge in [0.15, 0.2) is 0 Å². The van der Waals surface area contributed by atoms with Crippen LogP contribution < -0.4 is 0 Å². The molecule has 58 valence electrons. The summed E-state index contributed by atoms with van der Waals surface area (Å²) in [5, 5.41) is 0. The van der Waals surface area contributed by atoms with Gasteiger partial charge in [-0.15, -0.1) is 0 Å². The van der Waals surface area contributed by atoms with Crippen molar-refractivity contribution >= 4 is 6.21 Å². The Hall–Kier alpha value is -0.630. The molecule has 0 saturated heterocycles. The van der Waals surface area contributed by atoms with Gasteiger partial charge in [0, 0.05) is 18.5 Å². The molecular weight excluding hydrogens is 124 g/mol. The Balaban J connectivity index is 3.43. The van der Waals surface area contributed by atoms with Crippen molar-refractivity contribution in [1.29, 1.82) is 0 Å². The average molecular weight is 140 g/mol. The molecule has 0 N–H and O–H groups in total. The molecule has 0 spiro atoms. The van der Waals surface area contributed by atoms with Crippen LogP contribution in [0.4, 0.5) is 0 Å². The molecule has 0 aliphatic rings. The zero-order valence-corrected chi connectivity index (χ0v) is 7.09. The minimum atomic E-state index is 0.865. The molecule has 0 unspecified atom stereocenters. The maximum Gasteiger partial charge on any atom is 0.0334 e. The molecule has 2 nitrogen and oxygen atoms in total. The third-order valence-electron chi connectivity index (χ3n) is 1.24. The molecule has 0 rings (SSSR count). The molecule has 0 atom stereocenters. The van der Waals surface area contributed by atoms with Crippen LogP contribution in [0.25, 0.3) is 0 Å². The van der Waals surface area contributed by atoms with Gasteiger partial charge in [0.25, 0.3) is 0 Å². The largest absolute Gasteiger partial charge is 0.301 e. The Morgan fingerprint density at radius 2 is 2.30 bits per heavy atom. The number of nitrogens with zero attached hydrogens (tertiary/aromatic N) is 2. The Morgan fingerprint density at radius 1 is 1.70 bits per heavy atom. The fourth-order valence-electron chi connectivity index (χ4n) is 0.465. The summed E-state index contributed by atoms with van der Waals surface area (Å²) in [6.45, 7) is 9.64. The van der Waals surface area contributed by atoms with Gasteiger partial charge in [0.2, 0.25) is 0 Å². The van der Waals surface area contributed by atoms with E-state index < -0.39 is 0 Å². The van der Waals surface area contributed by atoms with Crippen LogP contribution in [0.5, 0.6) is 0 Å². The van der Waals surface area contributed by atoms with Crippen LogP contribution in [0.15, 0.2) is 17.3 Å². The molecule has 0 aliphatic carbocycles. The Bertz CT molecular complexity index is 127. The highest BCUT2D eigenvalue weighted by Gasteiger charge is 1.87. The summed E-state index contributed by atoms with van der Waals surface area (Å²) in [6.07, 6.45) is 1.88. The van der Waals surface area contributed by atoms with Crippen LogP contribution >= 0.6 is 0 Å². The van der Waals surface area contributed by atoms with E-state index in [4.69, 9.17) is 0 Å². The van der Waals surface area contributed by atoms with Gasteiger partial charge in [-0.3, -0.25) is 4.99 Å². The van der Waals surface area contributed by atoms with Gasteiger partial charge in [-0.2, -0.15) is 0 Å². The summed E-state index contributed by atoms with van der Waals surface area (Å²) in [4.78, 5) is 6.22. The number of allylic oxidation sites excluding steroid dienone is 1. The molecule has 10 heavy (non-hydrogen) atoms. The van der Waals surface area contributed by atoms with Crippen molar-refractivity contribution in [3.8, 4) is 0 Å². The van der Waals surface area contributed by atoms with Crippen molar-refractivity contribution in [2.45, 2.75) is 13.8 Å². The first-order chi connectivity index (χ1) is 4.66. The lowest BCUT2D eigenvalue weighted by atomic mass is 10.5. The van der Waals surface area contributed by atoms with Gasteiger partial charge < -0.3 is 4.90 Å². The van der Waals surface area contributed by atoms with Crippen LogP contribution in [-0.4, -0.2) is 31.3 Å². The second kappa shape index (κ2) is 5.18. The zero-order chi connectivity index (χ0) is 7.98. The van der Waals surface area contributed by atoms with Crippen molar-refractivity contribution in [2.75, 3.05) is 20.1 Å². The van der Waals surface area contributed by atoms with Crippen molar-refractivity contribution in [3.05, 3.63) is 12.3 Å². The van der Waals surface area contributed by atoms with E-state index in [0.717, 1.165) is 18.8 Å². The lowest BCUT2D eigenvalue weighted by Crippen LogP contribution is -2.19. The van der Waals surface area contributed by atoms with Crippen molar-refractivity contribution in [3.63, 3.8) is 0 Å². The SMILES string of the molecule is C=C(C)/N=C/CN(C)CC. The quantitative estimate of drug-likeness (QED) is 0.541. The number of hydrogen-bond acceptors (Lipinski definition) is 2. The molecule has 0 amide bonds. The minimum absolute atomic E-state index is 0.865. The molecule has 0 heterocycles. The van der Waals surface area contributed by atoms with Gasteiger partial charge in [-0.1, -0.05) is 13.5 Å². The van der Waals surface area contributed by atoms with E-state index in [1.54, 1.807) is 0 Å².